The lowest BCUT2D eigenvalue weighted by molar-refractivity contribution is -0.137. The van der Waals surface area contributed by atoms with Crippen LogP contribution in [-0.2, 0) is 23.9 Å². The molecule has 3 rings (SSSR count). The highest BCUT2D eigenvalue weighted by Gasteiger charge is 2.29. The van der Waals surface area contributed by atoms with Gasteiger partial charge in [-0.25, -0.2) is 0 Å². The van der Waals surface area contributed by atoms with Crippen molar-refractivity contribution in [2.75, 3.05) is 0 Å². The van der Waals surface area contributed by atoms with Gasteiger partial charge in [-0.2, -0.15) is 13.2 Å². The van der Waals surface area contributed by atoms with Gasteiger partial charge in [-0.1, -0.05) is 18.2 Å². The molecule has 2 heterocycles. The van der Waals surface area contributed by atoms with Crippen molar-refractivity contribution in [3.05, 3.63) is 83.8 Å². The number of aromatic nitrogens is 2. The van der Waals surface area contributed by atoms with Crippen LogP contribution >= 0.6 is 0 Å². The standard InChI is InChI=1S/C21H18F3N3O/c22-21(23,24)18-7-3-15(4-8-18)6-10-20(28)27-13-16-5-9-19(26-12-16)17-2-1-11-25-14-17/h1-5,7-9,11-12,14H,6,10,13H2,(H,27,28). The first kappa shape index (κ1) is 19.5. The zero-order valence-electron chi connectivity index (χ0n) is 14.9. The Balaban J connectivity index is 1.46. The molecule has 144 valence electrons. The average molecular weight is 385 g/mol. The summed E-state index contributed by atoms with van der Waals surface area (Å²) in [6, 6.07) is 12.4. The summed E-state index contributed by atoms with van der Waals surface area (Å²) in [5, 5.41) is 2.79. The fourth-order valence-electron chi connectivity index (χ4n) is 2.62. The zero-order valence-corrected chi connectivity index (χ0v) is 14.9. The lowest BCUT2D eigenvalue weighted by atomic mass is 10.1. The van der Waals surface area contributed by atoms with Crippen LogP contribution in [0.4, 0.5) is 13.2 Å². The molecule has 0 unspecified atom stereocenters. The summed E-state index contributed by atoms with van der Waals surface area (Å²) in [6.45, 7) is 0.339. The molecule has 0 aliphatic heterocycles. The van der Waals surface area contributed by atoms with Gasteiger partial charge in [0.05, 0.1) is 11.3 Å². The summed E-state index contributed by atoms with van der Waals surface area (Å²) < 4.78 is 37.6. The van der Waals surface area contributed by atoms with Crippen molar-refractivity contribution in [2.24, 2.45) is 0 Å². The van der Waals surface area contributed by atoms with E-state index in [0.717, 1.165) is 29.0 Å². The van der Waals surface area contributed by atoms with Gasteiger partial charge in [-0.3, -0.25) is 14.8 Å². The fourth-order valence-corrected chi connectivity index (χ4v) is 2.62. The number of carbonyl (C=O) groups is 1. The number of alkyl halides is 3. The summed E-state index contributed by atoms with van der Waals surface area (Å²) in [5.74, 6) is -0.170. The Morgan fingerprint density at radius 2 is 1.71 bits per heavy atom. The van der Waals surface area contributed by atoms with Crippen molar-refractivity contribution in [1.29, 1.82) is 0 Å². The molecule has 0 spiro atoms. The van der Waals surface area contributed by atoms with Crippen LogP contribution in [0.2, 0.25) is 0 Å². The second kappa shape index (κ2) is 8.65. The van der Waals surface area contributed by atoms with E-state index in [0.29, 0.717) is 18.5 Å². The largest absolute Gasteiger partial charge is 0.416 e. The number of aryl methyl sites for hydroxylation is 1. The van der Waals surface area contributed by atoms with Gasteiger partial charge in [-0.15, -0.1) is 0 Å². The third-order valence-corrected chi connectivity index (χ3v) is 4.19. The topological polar surface area (TPSA) is 54.9 Å². The summed E-state index contributed by atoms with van der Waals surface area (Å²) in [5.41, 5.74) is 2.56. The number of pyridine rings is 2. The highest BCUT2D eigenvalue weighted by atomic mass is 19.4. The molecule has 1 amide bonds. The van der Waals surface area contributed by atoms with Crippen molar-refractivity contribution >= 4 is 5.91 Å². The highest BCUT2D eigenvalue weighted by molar-refractivity contribution is 5.76. The molecule has 1 N–H and O–H groups in total. The number of hydrogen-bond acceptors (Lipinski definition) is 3. The molecule has 0 radical (unpaired) electrons. The van der Waals surface area contributed by atoms with Crippen LogP contribution in [0.1, 0.15) is 23.1 Å². The smallest absolute Gasteiger partial charge is 0.352 e. The van der Waals surface area contributed by atoms with E-state index in [9.17, 15) is 18.0 Å². The first-order chi connectivity index (χ1) is 13.4. The second-order valence-electron chi connectivity index (χ2n) is 6.26. The molecule has 0 aliphatic carbocycles. The van der Waals surface area contributed by atoms with Gasteiger partial charge in [0.25, 0.3) is 0 Å². The van der Waals surface area contributed by atoms with E-state index in [4.69, 9.17) is 0 Å². The predicted octanol–water partition coefficient (Wildman–Crippen LogP) is 4.41. The van der Waals surface area contributed by atoms with Crippen molar-refractivity contribution < 1.29 is 18.0 Å². The normalized spacial score (nSPS) is 11.2. The Kier molecular flexibility index (Phi) is 6.03. The van der Waals surface area contributed by atoms with Crippen LogP contribution in [0.5, 0.6) is 0 Å². The van der Waals surface area contributed by atoms with E-state index >= 15 is 0 Å². The molecule has 4 nitrogen and oxygen atoms in total. The van der Waals surface area contributed by atoms with Gasteiger partial charge < -0.3 is 5.32 Å². The van der Waals surface area contributed by atoms with Gasteiger partial charge in [0.2, 0.25) is 5.91 Å². The lowest BCUT2D eigenvalue weighted by Gasteiger charge is -2.08. The van der Waals surface area contributed by atoms with Gasteiger partial charge in [0, 0.05) is 37.1 Å². The number of benzene rings is 1. The molecular weight excluding hydrogens is 367 g/mol. The lowest BCUT2D eigenvalue weighted by Crippen LogP contribution is -2.23. The van der Waals surface area contributed by atoms with Crippen LogP contribution in [0.15, 0.2) is 67.1 Å². The maximum atomic E-state index is 12.5. The third-order valence-electron chi connectivity index (χ3n) is 4.19. The predicted molar refractivity (Wildman–Crippen MR) is 99.1 cm³/mol. The number of hydrogen-bond donors (Lipinski definition) is 1. The average Bonchev–Trinajstić information content (AvgIpc) is 2.71. The van der Waals surface area contributed by atoms with Crippen LogP contribution < -0.4 is 5.32 Å². The van der Waals surface area contributed by atoms with Crippen molar-refractivity contribution in [3.8, 4) is 11.3 Å². The molecule has 3 aromatic rings. The first-order valence-electron chi connectivity index (χ1n) is 8.70. The van der Waals surface area contributed by atoms with E-state index in [2.05, 4.69) is 15.3 Å². The van der Waals surface area contributed by atoms with Crippen LogP contribution in [-0.4, -0.2) is 15.9 Å². The van der Waals surface area contributed by atoms with E-state index in [1.807, 2.05) is 24.3 Å². The summed E-state index contributed by atoms with van der Waals surface area (Å²) in [4.78, 5) is 20.4. The first-order valence-corrected chi connectivity index (χ1v) is 8.70. The Morgan fingerprint density at radius 3 is 2.32 bits per heavy atom. The monoisotopic (exact) mass is 385 g/mol. The molecule has 0 fully saturated rings. The van der Waals surface area contributed by atoms with Gasteiger partial charge in [-0.05, 0) is 47.9 Å². The molecule has 2 aromatic heterocycles. The number of rotatable bonds is 6. The van der Waals surface area contributed by atoms with Gasteiger partial charge >= 0.3 is 6.18 Å². The molecular formula is C21H18F3N3O. The number of carbonyl (C=O) groups excluding carboxylic acids is 1. The van der Waals surface area contributed by atoms with E-state index in [-0.39, 0.29) is 12.3 Å². The van der Waals surface area contributed by atoms with Crippen LogP contribution in [0.3, 0.4) is 0 Å². The Bertz CT molecular complexity index is 908. The molecule has 0 atom stereocenters. The van der Waals surface area contributed by atoms with Gasteiger partial charge in [0.15, 0.2) is 0 Å². The number of nitrogens with zero attached hydrogens (tertiary/aromatic N) is 2. The van der Waals surface area contributed by atoms with E-state index < -0.39 is 11.7 Å². The molecule has 0 saturated heterocycles. The number of amides is 1. The maximum absolute atomic E-state index is 12.5. The molecule has 28 heavy (non-hydrogen) atoms. The maximum Gasteiger partial charge on any atom is 0.416 e. The van der Waals surface area contributed by atoms with Crippen LogP contribution in [0, 0.1) is 0 Å². The zero-order chi connectivity index (χ0) is 20.0. The van der Waals surface area contributed by atoms with Crippen molar-refractivity contribution in [2.45, 2.75) is 25.6 Å². The van der Waals surface area contributed by atoms with Crippen molar-refractivity contribution in [1.82, 2.24) is 15.3 Å². The quantitative estimate of drug-likeness (QED) is 0.684. The third kappa shape index (κ3) is 5.39. The summed E-state index contributed by atoms with van der Waals surface area (Å²) in [7, 11) is 0. The minimum absolute atomic E-state index is 0.170. The molecule has 0 aliphatic rings. The highest BCUT2D eigenvalue weighted by Crippen LogP contribution is 2.29. The summed E-state index contributed by atoms with van der Waals surface area (Å²) >= 11 is 0. The number of halogens is 3. The van der Waals surface area contributed by atoms with Crippen molar-refractivity contribution in [3.63, 3.8) is 0 Å². The SMILES string of the molecule is O=C(CCc1ccc(C(F)(F)F)cc1)NCc1ccc(-c2cccnc2)nc1. The van der Waals surface area contributed by atoms with E-state index in [1.165, 1.54) is 12.1 Å². The fraction of sp³-hybridized carbons (Fsp3) is 0.190. The Labute approximate surface area is 160 Å². The molecule has 0 bridgehead atoms. The molecule has 1 aromatic carbocycles. The Morgan fingerprint density at radius 1 is 0.964 bits per heavy atom. The minimum Gasteiger partial charge on any atom is -0.352 e. The van der Waals surface area contributed by atoms with Crippen LogP contribution in [0.25, 0.3) is 11.3 Å². The molecule has 0 saturated carbocycles. The van der Waals surface area contributed by atoms with Gasteiger partial charge in [0.1, 0.15) is 0 Å². The molecule has 7 heteroatoms. The summed E-state index contributed by atoms with van der Waals surface area (Å²) in [6.07, 6.45) is 1.34. The minimum atomic E-state index is -4.35. The Hall–Kier alpha value is -3.22. The number of nitrogens with one attached hydrogen (secondary N) is 1. The van der Waals surface area contributed by atoms with E-state index in [1.54, 1.807) is 18.6 Å². The second-order valence-corrected chi connectivity index (χ2v) is 6.26.